The number of nitrogens with zero attached hydrogens (tertiary/aromatic N) is 3. The summed E-state index contributed by atoms with van der Waals surface area (Å²) in [5, 5.41) is 13.2. The van der Waals surface area contributed by atoms with Crippen molar-refractivity contribution in [1.29, 1.82) is 0 Å². The molecule has 13 rings (SSSR count). The van der Waals surface area contributed by atoms with Crippen molar-refractivity contribution in [2.75, 3.05) is 0 Å². The van der Waals surface area contributed by atoms with Gasteiger partial charge in [0.05, 0.1) is 44.1 Å². The van der Waals surface area contributed by atoms with E-state index in [9.17, 15) is 0 Å². The molecule has 0 aliphatic heterocycles. The fraction of sp³-hybridized carbons (Fsp3) is 0.250. The zero-order valence-corrected chi connectivity index (χ0v) is 41.1. The van der Waals surface area contributed by atoms with Crippen LogP contribution in [0.1, 0.15) is 105 Å². The molecule has 3 nitrogen and oxygen atoms in total. The number of benzene rings is 8. The van der Waals surface area contributed by atoms with Crippen molar-refractivity contribution < 1.29 is 0 Å². The molecule has 0 N–H and O–H groups in total. The van der Waals surface area contributed by atoms with Gasteiger partial charge in [0.15, 0.2) is 0 Å². The summed E-state index contributed by atoms with van der Waals surface area (Å²) in [5.41, 5.74) is 19.3. The highest BCUT2D eigenvalue weighted by Gasteiger charge is 2.29. The first-order valence-corrected chi connectivity index (χ1v) is 24.3. The molecule has 0 radical (unpaired) electrons. The lowest BCUT2D eigenvalue weighted by Crippen LogP contribution is -2.11. The van der Waals surface area contributed by atoms with Gasteiger partial charge in [0.1, 0.15) is 0 Å². The van der Waals surface area contributed by atoms with E-state index < -0.39 is 0 Å². The molecule has 0 saturated heterocycles. The number of fused-ring (bicyclic) bond motifs is 15. The summed E-state index contributed by atoms with van der Waals surface area (Å²) >= 11 is 0. The molecule has 13 aromatic rings. The van der Waals surface area contributed by atoms with Crippen LogP contribution in [0.3, 0.4) is 0 Å². The van der Waals surface area contributed by atoms with Crippen LogP contribution in [0.2, 0.25) is 0 Å². The molecule has 3 heteroatoms. The van der Waals surface area contributed by atoms with Crippen molar-refractivity contribution >= 4 is 98.0 Å². The van der Waals surface area contributed by atoms with Crippen LogP contribution >= 0.6 is 0 Å². The number of para-hydroxylation sites is 2. The summed E-state index contributed by atoms with van der Waals surface area (Å²) in [6.07, 6.45) is 0. The third-order valence-corrected chi connectivity index (χ3v) is 15.5. The predicted molar refractivity (Wildman–Crippen MR) is 290 cm³/mol. The van der Waals surface area contributed by atoms with Gasteiger partial charge in [0, 0.05) is 65.1 Å². The lowest BCUT2D eigenvalue weighted by Gasteiger charge is -2.22. The zero-order valence-electron chi connectivity index (χ0n) is 41.1. The summed E-state index contributed by atoms with van der Waals surface area (Å²) < 4.78 is 7.67. The Hall–Kier alpha value is -6.84. The van der Waals surface area contributed by atoms with Crippen LogP contribution in [-0.4, -0.2) is 13.4 Å². The standard InChI is InChI=1S/C64H59N3/c1-61(2,3)37-23-25-55-45(27-37)48-29-39(63(7,8)9)30-49-46-35-57-47(34-56(46)66(55)59(48)49)50-31-40(64(10,11)12)33-52-51-32-38(62(4,5)6)28-43(58(51)67(57)60(50)52)36-22-24-54-44(26-36)42-20-16-17-21-53(42)65(54)41-18-14-13-15-19-41/h13-35H,1-12H3. The van der Waals surface area contributed by atoms with Crippen LogP contribution in [0.15, 0.2) is 140 Å². The second-order valence-electron chi connectivity index (χ2n) is 24.0. The monoisotopic (exact) mass is 869 g/mol. The van der Waals surface area contributed by atoms with Crippen molar-refractivity contribution in [3.05, 3.63) is 162 Å². The van der Waals surface area contributed by atoms with Gasteiger partial charge in [0.2, 0.25) is 0 Å². The van der Waals surface area contributed by atoms with E-state index in [1.165, 1.54) is 137 Å². The SMILES string of the molecule is CC(C)(C)c1ccc2c(c1)c1cc(C(C)(C)C)cc3c4cc5c(cc4n2c13)c1cc(C(C)(C)C)cc2c3cc(C(C)(C)C)cc(-c4ccc6c(c4)c4ccccc4n6-c4ccccc4)c3n5c12. The van der Waals surface area contributed by atoms with Crippen LogP contribution in [0.5, 0.6) is 0 Å². The Morgan fingerprint density at radius 3 is 1.31 bits per heavy atom. The Morgan fingerprint density at radius 2 is 0.716 bits per heavy atom. The maximum absolute atomic E-state index is 2.66. The number of rotatable bonds is 2. The molecular formula is C64H59N3. The van der Waals surface area contributed by atoms with Gasteiger partial charge in [-0.15, -0.1) is 0 Å². The van der Waals surface area contributed by atoms with Crippen LogP contribution in [0.4, 0.5) is 0 Å². The molecular weight excluding hydrogens is 811 g/mol. The number of aromatic nitrogens is 3. The van der Waals surface area contributed by atoms with Gasteiger partial charge in [-0.2, -0.15) is 0 Å². The molecule has 0 unspecified atom stereocenters. The molecule has 0 amide bonds. The molecule has 0 saturated carbocycles. The molecule has 5 aromatic heterocycles. The lowest BCUT2D eigenvalue weighted by molar-refractivity contribution is 0.590. The average molecular weight is 870 g/mol. The van der Waals surface area contributed by atoms with Gasteiger partial charge in [-0.1, -0.05) is 132 Å². The van der Waals surface area contributed by atoms with Gasteiger partial charge in [0.25, 0.3) is 0 Å². The van der Waals surface area contributed by atoms with Gasteiger partial charge in [-0.25, -0.2) is 0 Å². The second kappa shape index (κ2) is 13.0. The van der Waals surface area contributed by atoms with E-state index in [0.29, 0.717) is 0 Å². The Morgan fingerprint density at radius 1 is 0.284 bits per heavy atom. The van der Waals surface area contributed by atoms with E-state index in [1.807, 2.05) is 0 Å². The smallest absolute Gasteiger partial charge is 0.0620 e. The Kier molecular flexibility index (Phi) is 7.83. The van der Waals surface area contributed by atoms with E-state index in [2.05, 4.69) is 236 Å². The third-order valence-electron chi connectivity index (χ3n) is 15.5. The third kappa shape index (κ3) is 5.58. The minimum atomic E-state index is -0.0640. The van der Waals surface area contributed by atoms with Crippen LogP contribution in [0.25, 0.3) is 115 Å². The van der Waals surface area contributed by atoms with Crippen molar-refractivity contribution in [3.63, 3.8) is 0 Å². The molecule has 8 aromatic carbocycles. The molecule has 0 aliphatic rings. The van der Waals surface area contributed by atoms with Crippen LogP contribution in [0, 0.1) is 0 Å². The molecule has 0 atom stereocenters. The fourth-order valence-electron chi connectivity index (χ4n) is 11.7. The van der Waals surface area contributed by atoms with E-state index in [4.69, 9.17) is 0 Å². The van der Waals surface area contributed by atoms with Gasteiger partial charge in [-0.3, -0.25) is 0 Å². The topological polar surface area (TPSA) is 13.8 Å². The molecule has 0 aliphatic carbocycles. The molecule has 0 spiro atoms. The normalized spacial score (nSPS) is 13.7. The summed E-state index contributed by atoms with van der Waals surface area (Å²) in [5.74, 6) is 0. The molecule has 0 fully saturated rings. The van der Waals surface area contributed by atoms with Crippen molar-refractivity contribution in [2.45, 2.75) is 105 Å². The minimum Gasteiger partial charge on any atom is -0.309 e. The van der Waals surface area contributed by atoms with Gasteiger partial charge in [-0.05, 0) is 140 Å². The second-order valence-corrected chi connectivity index (χ2v) is 24.0. The lowest BCUT2D eigenvalue weighted by atomic mass is 9.83. The molecule has 67 heavy (non-hydrogen) atoms. The Balaban J connectivity index is 1.20. The summed E-state index contributed by atoms with van der Waals surface area (Å²) in [4.78, 5) is 0. The van der Waals surface area contributed by atoms with E-state index >= 15 is 0 Å². The zero-order chi connectivity index (χ0) is 46.4. The van der Waals surface area contributed by atoms with Crippen LogP contribution in [-0.2, 0) is 21.7 Å². The first-order chi connectivity index (χ1) is 31.8. The quantitative estimate of drug-likeness (QED) is 0.164. The molecule has 5 heterocycles. The first kappa shape index (κ1) is 40.4. The molecule has 330 valence electrons. The summed E-state index contributed by atoms with van der Waals surface area (Å²) in [6, 6.07) is 54.3. The van der Waals surface area contributed by atoms with E-state index in [0.717, 1.165) is 0 Å². The minimum absolute atomic E-state index is 0.0171. The van der Waals surface area contributed by atoms with E-state index in [1.54, 1.807) is 0 Å². The summed E-state index contributed by atoms with van der Waals surface area (Å²) in [6.45, 7) is 28.2. The Labute approximate surface area is 392 Å². The van der Waals surface area contributed by atoms with E-state index in [-0.39, 0.29) is 21.7 Å². The van der Waals surface area contributed by atoms with Crippen molar-refractivity contribution in [1.82, 2.24) is 13.4 Å². The maximum atomic E-state index is 2.66. The van der Waals surface area contributed by atoms with Gasteiger partial charge >= 0.3 is 0 Å². The highest BCUT2D eigenvalue weighted by atomic mass is 15.0. The predicted octanol–water partition coefficient (Wildman–Crippen LogP) is 17.9. The average Bonchev–Trinajstić information content (AvgIpc) is 4.06. The van der Waals surface area contributed by atoms with Crippen molar-refractivity contribution in [2.24, 2.45) is 0 Å². The number of hydrogen-bond donors (Lipinski definition) is 0. The highest BCUT2D eigenvalue weighted by molar-refractivity contribution is 6.30. The fourth-order valence-corrected chi connectivity index (χ4v) is 11.7. The van der Waals surface area contributed by atoms with Crippen molar-refractivity contribution in [3.8, 4) is 16.8 Å². The van der Waals surface area contributed by atoms with Crippen LogP contribution < -0.4 is 0 Å². The first-order valence-electron chi connectivity index (χ1n) is 24.3. The molecule has 0 bridgehead atoms. The summed E-state index contributed by atoms with van der Waals surface area (Å²) in [7, 11) is 0. The van der Waals surface area contributed by atoms with Gasteiger partial charge < -0.3 is 13.4 Å². The highest BCUT2D eigenvalue weighted by Crippen LogP contribution is 2.50. The Bertz CT molecular complexity index is 4210. The maximum Gasteiger partial charge on any atom is 0.0620 e. The largest absolute Gasteiger partial charge is 0.309 e. The number of hydrogen-bond acceptors (Lipinski definition) is 0.